The van der Waals surface area contributed by atoms with E-state index < -0.39 is 5.54 Å². The number of carbonyl (C=O) groups is 1. The Morgan fingerprint density at radius 1 is 1.26 bits per heavy atom. The first kappa shape index (κ1) is 12.0. The number of aromatic nitrogens is 1. The molecular formula is C12H16N4O3. The molecule has 2 aliphatic heterocycles. The van der Waals surface area contributed by atoms with Crippen molar-refractivity contribution in [2.24, 2.45) is 4.99 Å². The largest absolute Gasteiger partial charge is 0.494 e. The number of nitrogens with zero attached hydrogens (tertiary/aromatic N) is 2. The number of aromatic hydroxyl groups is 2. The molecule has 0 radical (unpaired) electrons. The zero-order valence-corrected chi connectivity index (χ0v) is 10.4. The molecule has 1 aromatic rings. The van der Waals surface area contributed by atoms with E-state index in [1.165, 1.54) is 16.7 Å². The van der Waals surface area contributed by atoms with Crippen LogP contribution in [0.3, 0.4) is 0 Å². The first-order valence-electron chi connectivity index (χ1n) is 6.29. The summed E-state index contributed by atoms with van der Waals surface area (Å²) in [6, 6.07) is 2.79. The summed E-state index contributed by atoms with van der Waals surface area (Å²) in [5.41, 5.74) is -0.668. The molecule has 1 aromatic heterocycles. The van der Waals surface area contributed by atoms with Gasteiger partial charge >= 0.3 is 0 Å². The van der Waals surface area contributed by atoms with E-state index in [1.807, 2.05) is 0 Å². The third-order valence-corrected chi connectivity index (χ3v) is 3.70. The van der Waals surface area contributed by atoms with Gasteiger partial charge in [-0.3, -0.25) is 14.4 Å². The Kier molecular flexibility index (Phi) is 2.70. The highest BCUT2D eigenvalue weighted by Gasteiger charge is 2.44. The monoisotopic (exact) mass is 264 g/mol. The number of hydrogen-bond donors (Lipinski definition) is 4. The van der Waals surface area contributed by atoms with Crippen molar-refractivity contribution in [1.29, 1.82) is 0 Å². The molecule has 102 valence electrons. The highest BCUT2D eigenvalue weighted by molar-refractivity contribution is 6.08. The lowest BCUT2D eigenvalue weighted by Crippen LogP contribution is -2.47. The van der Waals surface area contributed by atoms with Crippen molar-refractivity contribution >= 4 is 11.7 Å². The minimum atomic E-state index is -0.668. The predicted octanol–water partition coefficient (Wildman–Crippen LogP) is -0.450. The van der Waals surface area contributed by atoms with E-state index in [4.69, 9.17) is 0 Å². The van der Waals surface area contributed by atoms with Gasteiger partial charge in [0.05, 0.1) is 6.54 Å². The quantitative estimate of drug-likeness (QED) is 0.581. The fourth-order valence-corrected chi connectivity index (χ4v) is 2.60. The van der Waals surface area contributed by atoms with Gasteiger partial charge < -0.3 is 20.8 Å². The minimum absolute atomic E-state index is 0.0549. The Morgan fingerprint density at radius 3 is 2.53 bits per heavy atom. The van der Waals surface area contributed by atoms with Crippen molar-refractivity contribution in [3.8, 4) is 11.8 Å². The summed E-state index contributed by atoms with van der Waals surface area (Å²) in [6.45, 7) is 1.69. The van der Waals surface area contributed by atoms with Crippen molar-refractivity contribution in [3.63, 3.8) is 0 Å². The van der Waals surface area contributed by atoms with Gasteiger partial charge in [-0.05, 0) is 25.9 Å². The Morgan fingerprint density at radius 2 is 1.89 bits per heavy atom. The Balaban J connectivity index is 1.83. The third-order valence-electron chi connectivity index (χ3n) is 3.70. The van der Waals surface area contributed by atoms with E-state index in [2.05, 4.69) is 15.6 Å². The molecule has 0 saturated carbocycles. The van der Waals surface area contributed by atoms with Crippen molar-refractivity contribution in [1.82, 2.24) is 15.2 Å². The minimum Gasteiger partial charge on any atom is -0.494 e. The molecule has 7 heteroatoms. The highest BCUT2D eigenvalue weighted by Crippen LogP contribution is 2.28. The van der Waals surface area contributed by atoms with Gasteiger partial charge in [0.25, 0.3) is 5.91 Å². The van der Waals surface area contributed by atoms with Gasteiger partial charge in [0.2, 0.25) is 0 Å². The second-order valence-electron chi connectivity index (χ2n) is 4.93. The summed E-state index contributed by atoms with van der Waals surface area (Å²) in [7, 11) is 0. The predicted molar refractivity (Wildman–Crippen MR) is 68.2 cm³/mol. The number of aliphatic imine (C=N–C) groups is 1. The van der Waals surface area contributed by atoms with Gasteiger partial charge in [0, 0.05) is 12.1 Å². The maximum atomic E-state index is 12.1. The van der Waals surface area contributed by atoms with Crippen molar-refractivity contribution in [2.45, 2.75) is 24.9 Å². The van der Waals surface area contributed by atoms with Gasteiger partial charge in [-0.25, -0.2) is 0 Å². The Labute approximate surface area is 110 Å². The van der Waals surface area contributed by atoms with Crippen LogP contribution in [0.25, 0.3) is 0 Å². The number of rotatable bonds is 2. The summed E-state index contributed by atoms with van der Waals surface area (Å²) in [5, 5.41) is 25.1. The lowest BCUT2D eigenvalue weighted by atomic mass is 9.89. The van der Waals surface area contributed by atoms with Crippen LogP contribution in [0.15, 0.2) is 17.1 Å². The van der Waals surface area contributed by atoms with Gasteiger partial charge in [0.1, 0.15) is 11.4 Å². The summed E-state index contributed by atoms with van der Waals surface area (Å²) < 4.78 is 1.29. The number of piperidine rings is 1. The van der Waals surface area contributed by atoms with Crippen molar-refractivity contribution in [3.05, 3.63) is 12.1 Å². The standard InChI is InChI=1S/C12H16N4O3/c17-9-1-2-10(18)16(9)7-8-14-11(19)12(15-8)3-5-13-6-4-12/h1-2,13,17-18H,3-7H2,(H,14,15,19). The normalized spacial score (nSPS) is 21.5. The molecule has 1 fully saturated rings. The van der Waals surface area contributed by atoms with Gasteiger partial charge in [-0.15, -0.1) is 0 Å². The molecule has 19 heavy (non-hydrogen) atoms. The van der Waals surface area contributed by atoms with E-state index in [9.17, 15) is 15.0 Å². The third kappa shape index (κ3) is 1.95. The van der Waals surface area contributed by atoms with Crippen LogP contribution in [0.4, 0.5) is 0 Å². The zero-order valence-electron chi connectivity index (χ0n) is 10.4. The summed E-state index contributed by atoms with van der Waals surface area (Å²) in [5.74, 6) is 0.283. The lowest BCUT2D eigenvalue weighted by Gasteiger charge is -2.28. The summed E-state index contributed by atoms with van der Waals surface area (Å²) in [6.07, 6.45) is 1.35. The second-order valence-corrected chi connectivity index (χ2v) is 4.93. The average Bonchev–Trinajstić information content (AvgIpc) is 2.86. The summed E-state index contributed by atoms with van der Waals surface area (Å²) in [4.78, 5) is 16.6. The molecule has 3 rings (SSSR count). The van der Waals surface area contributed by atoms with Crippen LogP contribution in [0.2, 0.25) is 0 Å². The smallest absolute Gasteiger partial charge is 0.253 e. The number of carbonyl (C=O) groups excluding carboxylic acids is 1. The van der Waals surface area contributed by atoms with Gasteiger partial charge in [-0.2, -0.15) is 0 Å². The number of amidine groups is 1. The van der Waals surface area contributed by atoms with Crippen LogP contribution in [0.1, 0.15) is 12.8 Å². The highest BCUT2D eigenvalue weighted by atomic mass is 16.3. The van der Waals surface area contributed by atoms with E-state index in [0.717, 1.165) is 13.1 Å². The van der Waals surface area contributed by atoms with Gasteiger partial charge in [0.15, 0.2) is 11.8 Å². The second kappa shape index (κ2) is 4.27. The van der Waals surface area contributed by atoms with Gasteiger partial charge in [-0.1, -0.05) is 0 Å². The van der Waals surface area contributed by atoms with E-state index >= 15 is 0 Å². The lowest BCUT2D eigenvalue weighted by molar-refractivity contribution is -0.124. The van der Waals surface area contributed by atoms with E-state index in [-0.39, 0.29) is 24.2 Å². The van der Waals surface area contributed by atoms with E-state index in [1.54, 1.807) is 0 Å². The Hall–Kier alpha value is -2.02. The van der Waals surface area contributed by atoms with Crippen LogP contribution in [0.5, 0.6) is 11.8 Å². The SMILES string of the molecule is O=C1NC(Cn2c(O)ccc2O)=NC12CCNCC2. The molecule has 3 heterocycles. The molecule has 0 unspecified atom stereocenters. The fraction of sp³-hybridized carbons (Fsp3) is 0.500. The molecule has 7 nitrogen and oxygen atoms in total. The molecule has 1 spiro atoms. The van der Waals surface area contributed by atoms with Crippen molar-refractivity contribution < 1.29 is 15.0 Å². The first-order chi connectivity index (χ1) is 9.11. The Bertz CT molecular complexity index is 524. The van der Waals surface area contributed by atoms with E-state index in [0.29, 0.717) is 18.7 Å². The number of hydrogen-bond acceptors (Lipinski definition) is 5. The zero-order chi connectivity index (χ0) is 13.5. The molecule has 0 aromatic carbocycles. The fourth-order valence-electron chi connectivity index (χ4n) is 2.60. The number of amides is 1. The van der Waals surface area contributed by atoms with Crippen LogP contribution in [0, 0.1) is 0 Å². The first-order valence-corrected chi connectivity index (χ1v) is 6.29. The molecule has 1 saturated heterocycles. The molecule has 4 N–H and O–H groups in total. The maximum Gasteiger partial charge on any atom is 0.253 e. The van der Waals surface area contributed by atoms with Crippen LogP contribution >= 0.6 is 0 Å². The molecule has 1 amide bonds. The van der Waals surface area contributed by atoms with Crippen LogP contribution in [-0.4, -0.2) is 45.2 Å². The van der Waals surface area contributed by atoms with Crippen LogP contribution < -0.4 is 10.6 Å². The van der Waals surface area contributed by atoms with Crippen molar-refractivity contribution in [2.75, 3.05) is 13.1 Å². The maximum absolute atomic E-state index is 12.1. The topological polar surface area (TPSA) is 98.9 Å². The number of nitrogens with one attached hydrogen (secondary N) is 2. The molecule has 0 aliphatic carbocycles. The van der Waals surface area contributed by atoms with Crippen LogP contribution in [-0.2, 0) is 11.3 Å². The molecule has 0 atom stereocenters. The average molecular weight is 264 g/mol. The molecular weight excluding hydrogens is 248 g/mol. The molecule has 0 bridgehead atoms. The summed E-state index contributed by atoms with van der Waals surface area (Å²) >= 11 is 0. The molecule has 2 aliphatic rings.